The highest BCUT2D eigenvalue weighted by atomic mass is 32.1. The molecule has 4 N–H and O–H groups in total. The first-order chi connectivity index (χ1) is 19.0. The van der Waals surface area contributed by atoms with Gasteiger partial charge in [0.25, 0.3) is 5.91 Å². The summed E-state index contributed by atoms with van der Waals surface area (Å²) in [6, 6.07) is 8.55. The summed E-state index contributed by atoms with van der Waals surface area (Å²) in [5.74, 6) is -2.90. The molecular weight excluding hydrogens is 544 g/mol. The molecule has 2 aromatic heterocycles. The molecule has 0 saturated carbocycles. The number of thiazole rings is 1. The van der Waals surface area contributed by atoms with E-state index in [-0.39, 0.29) is 22.8 Å². The second kappa shape index (κ2) is 11.7. The topological polar surface area (TPSA) is 158 Å². The van der Waals surface area contributed by atoms with Crippen molar-refractivity contribution in [2.24, 2.45) is 10.9 Å². The van der Waals surface area contributed by atoms with Crippen LogP contribution in [0.15, 0.2) is 60.3 Å². The van der Waals surface area contributed by atoms with Gasteiger partial charge >= 0.3 is 5.97 Å². The summed E-state index contributed by atoms with van der Waals surface area (Å²) in [5, 5.41) is 22.4. The van der Waals surface area contributed by atoms with Crippen LogP contribution in [0.4, 0.5) is 8.78 Å². The van der Waals surface area contributed by atoms with E-state index in [9.17, 15) is 23.5 Å². The maximum absolute atomic E-state index is 14.8. The zero-order valence-electron chi connectivity index (χ0n) is 21.6. The van der Waals surface area contributed by atoms with Crippen LogP contribution in [-0.2, 0) is 21.8 Å². The first-order valence-electron chi connectivity index (χ1n) is 11.9. The molecule has 0 aliphatic rings. The number of nitrogens with two attached hydrogens (primary N) is 1. The number of aryl methyl sites for hydroxylation is 1. The van der Waals surface area contributed by atoms with Gasteiger partial charge in [0.15, 0.2) is 5.84 Å². The van der Waals surface area contributed by atoms with Crippen molar-refractivity contribution < 1.29 is 28.3 Å². The van der Waals surface area contributed by atoms with Crippen molar-refractivity contribution in [3.63, 3.8) is 0 Å². The molecule has 40 heavy (non-hydrogen) atoms. The van der Waals surface area contributed by atoms with Crippen LogP contribution in [-0.4, -0.2) is 48.6 Å². The van der Waals surface area contributed by atoms with E-state index >= 15 is 0 Å². The van der Waals surface area contributed by atoms with Gasteiger partial charge in [0.2, 0.25) is 0 Å². The standard InChI is InChI=1S/C26H25F2N7O4S/c1-14-22(40-25(32-14)18-6-4-17(5-7-18)23(29)34-39-16(3)36)24(37)33-15(2)26(38,11-35-13-30-12-31-35)20-9-8-19(27)10-21(20)28/h4-10,12-13,15,38H,11H2,1-3H3,(H2,29,34)(H,33,37)/t15-,26-/m1/s1. The molecule has 208 valence electrons. The van der Waals surface area contributed by atoms with Gasteiger partial charge in [-0.05, 0) is 19.9 Å². The highest BCUT2D eigenvalue weighted by molar-refractivity contribution is 7.17. The van der Waals surface area contributed by atoms with Crippen molar-refractivity contribution in [3.8, 4) is 10.6 Å². The number of carbonyl (C=O) groups is 2. The second-order valence-corrected chi connectivity index (χ2v) is 9.91. The molecule has 0 radical (unpaired) electrons. The number of aliphatic hydroxyl groups is 1. The molecule has 0 bridgehead atoms. The Morgan fingerprint density at radius 2 is 1.98 bits per heavy atom. The Balaban J connectivity index is 1.57. The largest absolute Gasteiger partial charge is 0.381 e. The molecule has 1 amide bonds. The number of nitrogens with one attached hydrogen (secondary N) is 1. The molecule has 2 atom stereocenters. The first kappa shape index (κ1) is 28.4. The van der Waals surface area contributed by atoms with Gasteiger partial charge in [-0.2, -0.15) is 5.10 Å². The van der Waals surface area contributed by atoms with Crippen LogP contribution in [0.25, 0.3) is 10.6 Å². The summed E-state index contributed by atoms with van der Waals surface area (Å²) in [6.45, 7) is 4.12. The molecule has 2 aromatic carbocycles. The first-order valence-corrected chi connectivity index (χ1v) is 12.7. The molecule has 0 saturated heterocycles. The highest BCUT2D eigenvalue weighted by Gasteiger charge is 2.40. The van der Waals surface area contributed by atoms with E-state index in [1.54, 1.807) is 31.2 Å². The van der Waals surface area contributed by atoms with Gasteiger partial charge in [0.1, 0.15) is 39.8 Å². The third kappa shape index (κ3) is 6.18. The van der Waals surface area contributed by atoms with Crippen LogP contribution in [0.5, 0.6) is 0 Å². The predicted molar refractivity (Wildman–Crippen MR) is 142 cm³/mol. The molecule has 0 unspecified atom stereocenters. The Morgan fingerprint density at radius 1 is 1.25 bits per heavy atom. The fraction of sp³-hybridized carbons (Fsp3) is 0.231. The lowest BCUT2D eigenvalue weighted by Crippen LogP contribution is -2.51. The van der Waals surface area contributed by atoms with Crippen LogP contribution in [0.2, 0.25) is 0 Å². The van der Waals surface area contributed by atoms with E-state index in [1.807, 2.05) is 0 Å². The highest BCUT2D eigenvalue weighted by Crippen LogP contribution is 2.32. The van der Waals surface area contributed by atoms with E-state index in [2.05, 4.69) is 30.4 Å². The number of hydrogen-bond acceptors (Lipinski definition) is 9. The zero-order valence-corrected chi connectivity index (χ0v) is 22.4. The van der Waals surface area contributed by atoms with Crippen LogP contribution in [0.3, 0.4) is 0 Å². The summed E-state index contributed by atoms with van der Waals surface area (Å²) in [5.41, 5.74) is 5.25. The maximum Gasteiger partial charge on any atom is 0.332 e. The summed E-state index contributed by atoms with van der Waals surface area (Å²) < 4.78 is 29.7. The lowest BCUT2D eigenvalue weighted by molar-refractivity contribution is -0.140. The second-order valence-electron chi connectivity index (χ2n) is 8.91. The minimum absolute atomic E-state index is 0.0158. The monoisotopic (exact) mass is 569 g/mol. The number of rotatable bonds is 9. The molecule has 0 aliphatic heterocycles. The minimum atomic E-state index is -2.01. The molecule has 4 rings (SSSR count). The third-order valence-electron chi connectivity index (χ3n) is 6.03. The average molecular weight is 570 g/mol. The van der Waals surface area contributed by atoms with E-state index < -0.39 is 35.2 Å². The Kier molecular flexibility index (Phi) is 8.30. The quantitative estimate of drug-likeness (QED) is 0.120. The van der Waals surface area contributed by atoms with Crippen molar-refractivity contribution in [2.45, 2.75) is 39.0 Å². The number of aromatic nitrogens is 4. The van der Waals surface area contributed by atoms with Gasteiger partial charge in [-0.1, -0.05) is 35.5 Å². The summed E-state index contributed by atoms with van der Waals surface area (Å²) in [7, 11) is 0. The van der Waals surface area contributed by atoms with Crippen LogP contribution in [0.1, 0.15) is 40.3 Å². The Morgan fingerprint density at radius 3 is 2.60 bits per heavy atom. The summed E-state index contributed by atoms with van der Waals surface area (Å²) in [4.78, 5) is 37.4. The fourth-order valence-corrected chi connectivity index (χ4v) is 4.89. The number of hydrogen-bond donors (Lipinski definition) is 3. The summed E-state index contributed by atoms with van der Waals surface area (Å²) >= 11 is 1.12. The molecule has 14 heteroatoms. The molecule has 4 aromatic rings. The van der Waals surface area contributed by atoms with Crippen molar-refractivity contribution in [2.75, 3.05) is 0 Å². The Labute approximate surface area is 231 Å². The Bertz CT molecular complexity index is 1560. The van der Waals surface area contributed by atoms with Crippen molar-refractivity contribution in [3.05, 3.63) is 88.5 Å². The van der Waals surface area contributed by atoms with Gasteiger partial charge in [-0.25, -0.2) is 28.2 Å². The molecule has 2 heterocycles. The van der Waals surface area contributed by atoms with E-state index in [0.29, 0.717) is 27.9 Å². The number of nitrogens with zero attached hydrogens (tertiary/aromatic N) is 5. The van der Waals surface area contributed by atoms with E-state index in [4.69, 9.17) is 5.73 Å². The predicted octanol–water partition coefficient (Wildman–Crippen LogP) is 2.88. The molecule has 0 aliphatic carbocycles. The van der Waals surface area contributed by atoms with Crippen LogP contribution in [0, 0.1) is 18.6 Å². The molecule has 0 spiro atoms. The molecule has 0 fully saturated rings. The third-order valence-corrected chi connectivity index (χ3v) is 7.24. The van der Waals surface area contributed by atoms with Crippen molar-refractivity contribution in [1.29, 1.82) is 0 Å². The zero-order chi connectivity index (χ0) is 29.0. The van der Waals surface area contributed by atoms with Crippen molar-refractivity contribution in [1.82, 2.24) is 25.1 Å². The minimum Gasteiger partial charge on any atom is -0.381 e. The number of benzene rings is 2. The van der Waals surface area contributed by atoms with E-state index in [1.165, 1.54) is 31.2 Å². The van der Waals surface area contributed by atoms with Gasteiger partial charge < -0.3 is 21.0 Å². The number of amides is 1. The lowest BCUT2D eigenvalue weighted by atomic mass is 9.86. The SMILES string of the molecule is CC(=O)O/N=C(\N)c1ccc(-c2nc(C)c(C(=O)N[C@H](C)[C@](O)(Cn3cncn3)c3ccc(F)cc3F)s2)cc1. The smallest absolute Gasteiger partial charge is 0.332 e. The maximum atomic E-state index is 14.8. The Hall–Kier alpha value is -4.56. The van der Waals surface area contributed by atoms with Crippen molar-refractivity contribution >= 4 is 29.0 Å². The molecule has 11 nitrogen and oxygen atoms in total. The lowest BCUT2D eigenvalue weighted by Gasteiger charge is -2.35. The van der Waals surface area contributed by atoms with Gasteiger partial charge in [-0.3, -0.25) is 4.79 Å². The number of oxime groups is 1. The average Bonchev–Trinajstić information content (AvgIpc) is 3.56. The fourth-order valence-electron chi connectivity index (χ4n) is 3.92. The normalized spacial score (nSPS) is 13.9. The van der Waals surface area contributed by atoms with Gasteiger partial charge in [-0.15, -0.1) is 11.3 Å². The number of halogens is 2. The van der Waals surface area contributed by atoms with Crippen LogP contribution < -0.4 is 11.1 Å². The molecular formula is C26H25F2N7O4S. The van der Waals surface area contributed by atoms with Gasteiger partial charge in [0, 0.05) is 29.7 Å². The number of carbonyl (C=O) groups excluding carboxylic acids is 2. The van der Waals surface area contributed by atoms with E-state index in [0.717, 1.165) is 23.5 Å². The van der Waals surface area contributed by atoms with Gasteiger partial charge in [0.05, 0.1) is 18.3 Å². The summed E-state index contributed by atoms with van der Waals surface area (Å²) in [6.07, 6.45) is 2.59. The van der Waals surface area contributed by atoms with Crippen LogP contribution >= 0.6 is 11.3 Å². The number of amidine groups is 1.